The zero-order chi connectivity index (χ0) is 20.0. The van der Waals surface area contributed by atoms with E-state index in [0.29, 0.717) is 44.8 Å². The average molecular weight is 403 g/mol. The van der Waals surface area contributed by atoms with E-state index in [9.17, 15) is 9.59 Å². The molecule has 0 saturated carbocycles. The van der Waals surface area contributed by atoms with E-state index in [0.717, 1.165) is 17.2 Å². The van der Waals surface area contributed by atoms with Gasteiger partial charge in [-0.2, -0.15) is 0 Å². The first kappa shape index (κ1) is 20.3. The highest BCUT2D eigenvalue weighted by Gasteiger charge is 2.45. The Hall–Kier alpha value is -2.41. The summed E-state index contributed by atoms with van der Waals surface area (Å²) in [5.74, 6) is 0.392. The minimum atomic E-state index is -0.746. The second kappa shape index (κ2) is 9.19. The molecule has 1 aromatic carbocycles. The molecule has 7 heteroatoms. The maximum absolute atomic E-state index is 12.9. The molecule has 1 unspecified atom stereocenters. The van der Waals surface area contributed by atoms with Crippen LogP contribution in [0.25, 0.3) is 0 Å². The summed E-state index contributed by atoms with van der Waals surface area (Å²) in [5.41, 5.74) is -0.299. The molecule has 1 aliphatic heterocycles. The Kier molecular flexibility index (Phi) is 6.67. The van der Waals surface area contributed by atoms with Crippen molar-refractivity contribution in [3.8, 4) is 5.75 Å². The fraction of sp³-hybridized carbons (Fsp3) is 0.476. The number of piperidine rings is 1. The van der Waals surface area contributed by atoms with Crippen molar-refractivity contribution in [2.24, 2.45) is 5.41 Å². The van der Waals surface area contributed by atoms with Crippen LogP contribution in [0.2, 0.25) is 0 Å². The molecule has 6 nitrogen and oxygen atoms in total. The van der Waals surface area contributed by atoms with Gasteiger partial charge in [0.25, 0.3) is 5.91 Å². The predicted molar refractivity (Wildman–Crippen MR) is 108 cm³/mol. The topological polar surface area (TPSA) is 68.7 Å². The number of amides is 1. The van der Waals surface area contributed by atoms with Gasteiger partial charge in [0, 0.05) is 18.5 Å². The number of aromatic nitrogens is 1. The minimum absolute atomic E-state index is 0.123. The number of para-hydroxylation sites is 1. The Morgan fingerprint density at radius 2 is 2.07 bits per heavy atom. The molecular weight excluding hydrogens is 376 g/mol. The van der Waals surface area contributed by atoms with E-state index in [4.69, 9.17) is 9.47 Å². The van der Waals surface area contributed by atoms with E-state index in [-0.39, 0.29) is 11.9 Å². The zero-order valence-electron chi connectivity index (χ0n) is 16.3. The maximum Gasteiger partial charge on any atom is 0.314 e. The number of aryl methyl sites for hydroxylation is 1. The number of hydrogen-bond donors (Lipinski definition) is 0. The number of benzene rings is 1. The lowest BCUT2D eigenvalue weighted by Crippen LogP contribution is -2.51. The highest BCUT2D eigenvalue weighted by molar-refractivity contribution is 7.09. The molecule has 1 saturated heterocycles. The lowest BCUT2D eigenvalue weighted by Gasteiger charge is -2.40. The van der Waals surface area contributed by atoms with Gasteiger partial charge in [-0.15, -0.1) is 11.3 Å². The Morgan fingerprint density at radius 3 is 2.75 bits per heavy atom. The second-order valence-corrected chi connectivity index (χ2v) is 8.06. The molecule has 0 radical (unpaired) electrons. The molecule has 150 valence electrons. The number of esters is 1. The van der Waals surface area contributed by atoms with Crippen LogP contribution in [0.15, 0.2) is 35.7 Å². The second-order valence-electron chi connectivity index (χ2n) is 6.99. The Morgan fingerprint density at radius 1 is 1.29 bits per heavy atom. The maximum atomic E-state index is 12.9. The molecule has 2 aromatic rings. The third-order valence-electron chi connectivity index (χ3n) is 5.00. The Labute approximate surface area is 169 Å². The number of ether oxygens (including phenoxy) is 2. The van der Waals surface area contributed by atoms with Crippen LogP contribution in [0.4, 0.5) is 0 Å². The van der Waals surface area contributed by atoms with Crippen LogP contribution < -0.4 is 4.74 Å². The van der Waals surface area contributed by atoms with Gasteiger partial charge < -0.3 is 14.4 Å². The fourth-order valence-corrected chi connectivity index (χ4v) is 4.15. The monoisotopic (exact) mass is 402 g/mol. The van der Waals surface area contributed by atoms with E-state index in [1.54, 1.807) is 17.2 Å². The van der Waals surface area contributed by atoms with E-state index < -0.39 is 5.41 Å². The van der Waals surface area contributed by atoms with Crippen molar-refractivity contribution in [1.82, 2.24) is 9.88 Å². The quantitative estimate of drug-likeness (QED) is 0.661. The van der Waals surface area contributed by atoms with Gasteiger partial charge >= 0.3 is 5.97 Å². The van der Waals surface area contributed by atoms with E-state index in [1.165, 1.54) is 11.3 Å². The van der Waals surface area contributed by atoms with Crippen molar-refractivity contribution in [1.29, 1.82) is 0 Å². The summed E-state index contributed by atoms with van der Waals surface area (Å²) < 4.78 is 11.2. The Balaban J connectivity index is 1.72. The number of hydrogen-bond acceptors (Lipinski definition) is 6. The van der Waals surface area contributed by atoms with Gasteiger partial charge in [-0.05, 0) is 45.2 Å². The SMILES string of the molecule is CCOC(=O)C1(CCOc2ccccc2)CCCN(C(=O)c2csc(C)n2)C1. The lowest BCUT2D eigenvalue weighted by molar-refractivity contribution is -0.159. The standard InChI is InChI=1S/C21H26N2O4S/c1-3-26-20(25)21(11-13-27-17-8-5-4-6-9-17)10-7-12-23(15-21)19(24)18-14-28-16(2)22-18/h4-6,8-9,14H,3,7,10-13,15H2,1-2H3. The molecule has 0 aliphatic carbocycles. The number of nitrogens with zero attached hydrogens (tertiary/aromatic N) is 2. The largest absolute Gasteiger partial charge is 0.494 e. The first-order valence-corrected chi connectivity index (χ1v) is 10.5. The summed E-state index contributed by atoms with van der Waals surface area (Å²) in [5, 5.41) is 2.63. The first-order valence-electron chi connectivity index (χ1n) is 9.60. The third-order valence-corrected chi connectivity index (χ3v) is 5.78. The molecule has 1 amide bonds. The van der Waals surface area contributed by atoms with Crippen LogP contribution >= 0.6 is 11.3 Å². The van der Waals surface area contributed by atoms with E-state index in [2.05, 4.69) is 4.98 Å². The van der Waals surface area contributed by atoms with Crippen molar-refractivity contribution in [3.63, 3.8) is 0 Å². The fourth-order valence-electron chi connectivity index (χ4n) is 3.57. The smallest absolute Gasteiger partial charge is 0.314 e. The average Bonchev–Trinajstić information content (AvgIpc) is 3.15. The summed E-state index contributed by atoms with van der Waals surface area (Å²) in [6.07, 6.45) is 1.93. The van der Waals surface area contributed by atoms with Gasteiger partial charge in [0.1, 0.15) is 11.4 Å². The number of carbonyl (C=O) groups is 2. The van der Waals surface area contributed by atoms with Crippen LogP contribution in [0.1, 0.15) is 41.7 Å². The number of likely N-dealkylation sites (tertiary alicyclic amines) is 1. The van der Waals surface area contributed by atoms with Crippen molar-refractivity contribution < 1.29 is 19.1 Å². The van der Waals surface area contributed by atoms with Crippen LogP contribution in [0.3, 0.4) is 0 Å². The van der Waals surface area contributed by atoms with E-state index >= 15 is 0 Å². The molecule has 1 atom stereocenters. The highest BCUT2D eigenvalue weighted by Crippen LogP contribution is 2.36. The summed E-state index contributed by atoms with van der Waals surface area (Å²) in [6, 6.07) is 9.52. The zero-order valence-corrected chi connectivity index (χ0v) is 17.2. The number of thiazole rings is 1. The minimum Gasteiger partial charge on any atom is -0.494 e. The van der Waals surface area contributed by atoms with Crippen molar-refractivity contribution in [2.75, 3.05) is 26.3 Å². The molecule has 0 spiro atoms. The predicted octanol–water partition coefficient (Wildman–Crippen LogP) is 3.71. The van der Waals surface area contributed by atoms with Crippen LogP contribution in [0.5, 0.6) is 5.75 Å². The van der Waals surface area contributed by atoms with Gasteiger partial charge in [0.05, 0.1) is 23.6 Å². The first-order chi connectivity index (χ1) is 13.5. The third kappa shape index (κ3) is 4.70. The van der Waals surface area contributed by atoms with Gasteiger partial charge in [-0.25, -0.2) is 4.98 Å². The molecule has 1 aliphatic rings. The summed E-state index contributed by atoms with van der Waals surface area (Å²) in [6.45, 7) is 5.34. The van der Waals surface area contributed by atoms with Gasteiger partial charge in [0.15, 0.2) is 0 Å². The normalized spacial score (nSPS) is 19.3. The number of carbonyl (C=O) groups excluding carboxylic acids is 2. The summed E-state index contributed by atoms with van der Waals surface area (Å²) in [4.78, 5) is 31.7. The lowest BCUT2D eigenvalue weighted by atomic mass is 9.77. The molecule has 1 fully saturated rings. The van der Waals surface area contributed by atoms with Crippen molar-refractivity contribution in [3.05, 3.63) is 46.4 Å². The molecule has 3 rings (SSSR count). The summed E-state index contributed by atoms with van der Waals surface area (Å²) >= 11 is 1.45. The Bertz CT molecular complexity index is 808. The van der Waals surface area contributed by atoms with E-state index in [1.807, 2.05) is 37.3 Å². The molecule has 28 heavy (non-hydrogen) atoms. The van der Waals surface area contributed by atoms with Crippen molar-refractivity contribution in [2.45, 2.75) is 33.1 Å². The van der Waals surface area contributed by atoms with Gasteiger partial charge in [-0.3, -0.25) is 9.59 Å². The van der Waals surface area contributed by atoms with Gasteiger partial charge in [-0.1, -0.05) is 18.2 Å². The number of rotatable bonds is 7. The van der Waals surface area contributed by atoms with Crippen LogP contribution in [0, 0.1) is 12.3 Å². The van der Waals surface area contributed by atoms with Crippen LogP contribution in [-0.2, 0) is 9.53 Å². The molecule has 2 heterocycles. The molecular formula is C21H26N2O4S. The molecule has 0 N–H and O–H groups in total. The molecule has 1 aromatic heterocycles. The molecule has 0 bridgehead atoms. The van der Waals surface area contributed by atoms with Crippen molar-refractivity contribution >= 4 is 23.2 Å². The van der Waals surface area contributed by atoms with Gasteiger partial charge in [0.2, 0.25) is 0 Å². The summed E-state index contributed by atoms with van der Waals surface area (Å²) in [7, 11) is 0. The van der Waals surface area contributed by atoms with Crippen LogP contribution in [-0.4, -0.2) is 48.1 Å². The highest BCUT2D eigenvalue weighted by atomic mass is 32.1.